The van der Waals surface area contributed by atoms with Crippen LogP contribution in [0.25, 0.3) is 77.6 Å². The van der Waals surface area contributed by atoms with Gasteiger partial charge in [0.2, 0.25) is 0 Å². The smallest absolute Gasteiger partial charge is 0.164 e. The van der Waals surface area contributed by atoms with Crippen LogP contribution in [0, 0.1) is 0 Å². The first kappa shape index (κ1) is 24.1. The van der Waals surface area contributed by atoms with Gasteiger partial charge in [-0.3, -0.25) is 4.98 Å². The zero-order valence-electron chi connectivity index (χ0n) is 22.6. The highest BCUT2D eigenvalue weighted by molar-refractivity contribution is 6.25. The zero-order valence-corrected chi connectivity index (χ0v) is 22.6. The van der Waals surface area contributed by atoms with Gasteiger partial charge in [0.15, 0.2) is 17.5 Å². The molecule has 0 fully saturated rings. The fourth-order valence-corrected chi connectivity index (χ4v) is 5.78. The van der Waals surface area contributed by atoms with Gasteiger partial charge in [-0.2, -0.15) is 0 Å². The molecule has 0 spiro atoms. The SMILES string of the molecule is c1ccc(-c2nc(-c3ccncc3)nc(-c3cccc(-c4ccc5c6ccccc6c6ccccc6c5c4)c3)n2)cc1. The molecule has 0 unspecified atom stereocenters. The Balaban J connectivity index is 1.29. The Morgan fingerprint density at radius 3 is 1.38 bits per heavy atom. The lowest BCUT2D eigenvalue weighted by Gasteiger charge is -2.13. The lowest BCUT2D eigenvalue weighted by Crippen LogP contribution is -2.00. The Kier molecular flexibility index (Phi) is 5.75. The molecule has 42 heavy (non-hydrogen) atoms. The Labute approximate surface area is 243 Å². The molecule has 0 bridgehead atoms. The van der Waals surface area contributed by atoms with Gasteiger partial charge in [-0.25, -0.2) is 15.0 Å². The maximum absolute atomic E-state index is 4.92. The van der Waals surface area contributed by atoms with Gasteiger partial charge < -0.3 is 0 Å². The average Bonchev–Trinajstić information content (AvgIpc) is 3.09. The third kappa shape index (κ3) is 4.18. The summed E-state index contributed by atoms with van der Waals surface area (Å²) in [4.78, 5) is 18.8. The highest BCUT2D eigenvalue weighted by Gasteiger charge is 2.14. The third-order valence-electron chi connectivity index (χ3n) is 7.80. The van der Waals surface area contributed by atoms with Crippen molar-refractivity contribution in [1.29, 1.82) is 0 Å². The van der Waals surface area contributed by atoms with Crippen LogP contribution in [0.1, 0.15) is 0 Å². The fourth-order valence-electron chi connectivity index (χ4n) is 5.78. The minimum atomic E-state index is 0.621. The zero-order chi connectivity index (χ0) is 27.9. The summed E-state index contributed by atoms with van der Waals surface area (Å²) in [5.41, 5.74) is 5.04. The molecule has 4 heteroatoms. The molecule has 6 aromatic carbocycles. The largest absolute Gasteiger partial charge is 0.265 e. The Hall–Kier alpha value is -5.74. The van der Waals surface area contributed by atoms with E-state index in [1.54, 1.807) is 12.4 Å². The van der Waals surface area contributed by atoms with Gasteiger partial charge >= 0.3 is 0 Å². The molecule has 0 aliphatic heterocycles. The molecule has 8 aromatic rings. The summed E-state index contributed by atoms with van der Waals surface area (Å²) in [6, 6.07) is 46.5. The molecular formula is C38H24N4. The Morgan fingerprint density at radius 1 is 0.286 bits per heavy atom. The molecule has 0 atom stereocenters. The van der Waals surface area contributed by atoms with Crippen molar-refractivity contribution in [2.45, 2.75) is 0 Å². The molecule has 0 saturated heterocycles. The topological polar surface area (TPSA) is 51.6 Å². The molecule has 2 heterocycles. The number of aromatic nitrogens is 4. The number of fused-ring (bicyclic) bond motifs is 6. The van der Waals surface area contributed by atoms with Crippen LogP contribution in [0.4, 0.5) is 0 Å². The first-order valence-corrected chi connectivity index (χ1v) is 14.0. The first-order valence-electron chi connectivity index (χ1n) is 14.0. The maximum Gasteiger partial charge on any atom is 0.164 e. The van der Waals surface area contributed by atoms with E-state index in [1.165, 1.54) is 32.3 Å². The van der Waals surface area contributed by atoms with Crippen LogP contribution in [0.5, 0.6) is 0 Å². The van der Waals surface area contributed by atoms with E-state index < -0.39 is 0 Å². The highest BCUT2D eigenvalue weighted by atomic mass is 15.0. The van der Waals surface area contributed by atoms with Crippen molar-refractivity contribution in [3.63, 3.8) is 0 Å². The van der Waals surface area contributed by atoms with Crippen molar-refractivity contribution in [1.82, 2.24) is 19.9 Å². The van der Waals surface area contributed by atoms with Crippen molar-refractivity contribution in [2.75, 3.05) is 0 Å². The molecule has 8 rings (SSSR count). The second-order valence-corrected chi connectivity index (χ2v) is 10.3. The van der Waals surface area contributed by atoms with Gasteiger partial charge in [0.05, 0.1) is 0 Å². The quantitative estimate of drug-likeness (QED) is 0.210. The van der Waals surface area contributed by atoms with E-state index in [9.17, 15) is 0 Å². The van der Waals surface area contributed by atoms with Crippen molar-refractivity contribution in [3.8, 4) is 45.3 Å². The highest BCUT2D eigenvalue weighted by Crippen LogP contribution is 2.37. The number of nitrogens with zero attached hydrogens (tertiary/aromatic N) is 4. The Bertz CT molecular complexity index is 2150. The molecule has 2 aromatic heterocycles. The summed E-state index contributed by atoms with van der Waals surface area (Å²) in [7, 11) is 0. The van der Waals surface area contributed by atoms with Crippen LogP contribution in [-0.2, 0) is 0 Å². The predicted molar refractivity (Wildman–Crippen MR) is 172 cm³/mol. The van der Waals surface area contributed by atoms with Gasteiger partial charge in [-0.05, 0) is 67.7 Å². The van der Waals surface area contributed by atoms with Crippen molar-refractivity contribution in [3.05, 3.63) is 146 Å². The van der Waals surface area contributed by atoms with Gasteiger partial charge in [-0.15, -0.1) is 0 Å². The second-order valence-electron chi connectivity index (χ2n) is 10.3. The normalized spacial score (nSPS) is 11.3. The summed E-state index contributed by atoms with van der Waals surface area (Å²) in [5.74, 6) is 1.90. The summed E-state index contributed by atoms with van der Waals surface area (Å²) < 4.78 is 0. The van der Waals surface area contributed by atoms with E-state index in [4.69, 9.17) is 15.0 Å². The number of hydrogen-bond acceptors (Lipinski definition) is 4. The predicted octanol–water partition coefficient (Wildman–Crippen LogP) is 9.39. The van der Waals surface area contributed by atoms with Crippen LogP contribution in [0.15, 0.2) is 146 Å². The molecule has 0 radical (unpaired) electrons. The van der Waals surface area contributed by atoms with Crippen LogP contribution in [-0.4, -0.2) is 19.9 Å². The fraction of sp³-hybridized carbons (Fsp3) is 0. The molecule has 0 aliphatic rings. The average molecular weight is 537 g/mol. The van der Waals surface area contributed by atoms with Crippen LogP contribution in [0.3, 0.4) is 0 Å². The summed E-state index contributed by atoms with van der Waals surface area (Å²) in [5, 5.41) is 7.60. The van der Waals surface area contributed by atoms with E-state index in [1.807, 2.05) is 42.5 Å². The van der Waals surface area contributed by atoms with E-state index in [0.717, 1.165) is 27.8 Å². The molecule has 0 amide bonds. The number of hydrogen-bond donors (Lipinski definition) is 0. The van der Waals surface area contributed by atoms with Crippen molar-refractivity contribution in [2.24, 2.45) is 0 Å². The number of rotatable bonds is 4. The van der Waals surface area contributed by atoms with Crippen LogP contribution in [0.2, 0.25) is 0 Å². The molecule has 196 valence electrons. The van der Waals surface area contributed by atoms with Gasteiger partial charge in [0.1, 0.15) is 0 Å². The molecule has 0 aliphatic carbocycles. The van der Waals surface area contributed by atoms with Crippen LogP contribution >= 0.6 is 0 Å². The standard InChI is InChI=1S/C38H24N4/c1-2-9-25(10-3-1)36-40-37(26-19-21-39-22-20-26)42-38(41-36)29-12-8-11-27(23-29)28-17-18-34-32-15-5-4-13-30(32)31-14-6-7-16-33(31)35(34)24-28/h1-24H. The lowest BCUT2D eigenvalue weighted by molar-refractivity contribution is 1.07. The molecule has 4 nitrogen and oxygen atoms in total. The summed E-state index contributed by atoms with van der Waals surface area (Å²) >= 11 is 0. The van der Waals surface area contributed by atoms with Crippen molar-refractivity contribution >= 4 is 32.3 Å². The van der Waals surface area contributed by atoms with E-state index >= 15 is 0 Å². The van der Waals surface area contributed by atoms with Gasteiger partial charge in [-0.1, -0.05) is 109 Å². The lowest BCUT2D eigenvalue weighted by atomic mass is 9.92. The van der Waals surface area contributed by atoms with Crippen LogP contribution < -0.4 is 0 Å². The Morgan fingerprint density at radius 2 is 0.738 bits per heavy atom. The first-order chi connectivity index (χ1) is 20.8. The summed E-state index contributed by atoms with van der Waals surface area (Å²) in [6.45, 7) is 0. The minimum Gasteiger partial charge on any atom is -0.265 e. The summed E-state index contributed by atoms with van der Waals surface area (Å²) in [6.07, 6.45) is 3.52. The number of pyridine rings is 1. The molecular weight excluding hydrogens is 512 g/mol. The number of benzene rings is 6. The molecule has 0 N–H and O–H groups in total. The maximum atomic E-state index is 4.92. The van der Waals surface area contributed by atoms with E-state index in [-0.39, 0.29) is 0 Å². The van der Waals surface area contributed by atoms with Gasteiger partial charge in [0.25, 0.3) is 0 Å². The van der Waals surface area contributed by atoms with Crippen molar-refractivity contribution < 1.29 is 0 Å². The third-order valence-corrected chi connectivity index (χ3v) is 7.80. The van der Waals surface area contributed by atoms with E-state index in [2.05, 4.69) is 96.0 Å². The minimum absolute atomic E-state index is 0.621. The monoisotopic (exact) mass is 536 g/mol. The second kappa shape index (κ2) is 10.0. The molecule has 0 saturated carbocycles. The van der Waals surface area contributed by atoms with Gasteiger partial charge in [0, 0.05) is 29.1 Å². The van der Waals surface area contributed by atoms with E-state index in [0.29, 0.717) is 17.5 Å².